The van der Waals surface area contributed by atoms with Crippen LogP contribution in [0.3, 0.4) is 0 Å². The third-order valence-electron chi connectivity index (χ3n) is 4.23. The van der Waals surface area contributed by atoms with E-state index in [1.807, 2.05) is 30.3 Å². The van der Waals surface area contributed by atoms with Crippen LogP contribution in [0.4, 0.5) is 5.69 Å². The molecule has 2 rings (SSSR count). The van der Waals surface area contributed by atoms with E-state index >= 15 is 0 Å². The maximum Gasteiger partial charge on any atom is 0.266 e. The SMILES string of the molecule is CC[C@H](C)c1ccc(NC(=O)/C(C#N)=C/c2ccc(O)c(OC)c2)cc1. The van der Waals surface area contributed by atoms with E-state index in [1.165, 1.54) is 24.8 Å². The monoisotopic (exact) mass is 350 g/mol. The molecule has 0 saturated heterocycles. The standard InChI is InChI=1S/C21H22N2O3/c1-4-14(2)16-6-8-18(9-7-16)23-21(25)17(13-22)11-15-5-10-19(24)20(12-15)26-3/h5-12,14,24H,4H2,1-3H3,(H,23,25)/b17-11+/t14-/m0/s1. The second kappa shape index (κ2) is 8.72. The Kier molecular flexibility index (Phi) is 6.40. The number of phenolic OH excluding ortho intramolecular Hbond substituents is 1. The molecule has 0 aliphatic heterocycles. The second-order valence-electron chi connectivity index (χ2n) is 5.99. The van der Waals surface area contributed by atoms with E-state index in [2.05, 4.69) is 19.2 Å². The van der Waals surface area contributed by atoms with Gasteiger partial charge in [0.15, 0.2) is 11.5 Å². The lowest BCUT2D eigenvalue weighted by Crippen LogP contribution is -2.13. The molecule has 0 saturated carbocycles. The number of carbonyl (C=O) groups excluding carboxylic acids is 1. The number of ether oxygens (including phenoxy) is 1. The van der Waals surface area contributed by atoms with Gasteiger partial charge in [-0.3, -0.25) is 4.79 Å². The number of hydrogen-bond donors (Lipinski definition) is 2. The van der Waals surface area contributed by atoms with Crippen molar-refractivity contribution in [2.45, 2.75) is 26.2 Å². The van der Waals surface area contributed by atoms with Crippen molar-refractivity contribution in [2.24, 2.45) is 0 Å². The highest BCUT2D eigenvalue weighted by Crippen LogP contribution is 2.27. The Morgan fingerprint density at radius 2 is 2.00 bits per heavy atom. The summed E-state index contributed by atoms with van der Waals surface area (Å²) < 4.78 is 5.03. The van der Waals surface area contributed by atoms with E-state index in [0.29, 0.717) is 17.2 Å². The van der Waals surface area contributed by atoms with Crippen molar-refractivity contribution in [2.75, 3.05) is 12.4 Å². The molecule has 134 valence electrons. The summed E-state index contributed by atoms with van der Waals surface area (Å²) >= 11 is 0. The number of rotatable bonds is 6. The molecule has 2 aromatic carbocycles. The molecule has 0 aliphatic rings. The average molecular weight is 350 g/mol. The minimum Gasteiger partial charge on any atom is -0.504 e. The molecule has 0 fully saturated rings. The lowest BCUT2D eigenvalue weighted by atomic mass is 9.98. The van der Waals surface area contributed by atoms with E-state index in [-0.39, 0.29) is 17.1 Å². The van der Waals surface area contributed by atoms with Gasteiger partial charge in [-0.05, 0) is 53.8 Å². The van der Waals surface area contributed by atoms with Crippen molar-refractivity contribution >= 4 is 17.7 Å². The number of nitrogens with one attached hydrogen (secondary N) is 1. The fourth-order valence-electron chi connectivity index (χ4n) is 2.43. The highest BCUT2D eigenvalue weighted by atomic mass is 16.5. The van der Waals surface area contributed by atoms with Crippen molar-refractivity contribution in [3.63, 3.8) is 0 Å². The molecule has 5 nitrogen and oxygen atoms in total. The maximum atomic E-state index is 12.4. The Morgan fingerprint density at radius 3 is 2.58 bits per heavy atom. The summed E-state index contributed by atoms with van der Waals surface area (Å²) in [4.78, 5) is 12.4. The Balaban J connectivity index is 2.17. The van der Waals surface area contributed by atoms with Gasteiger partial charge in [0.05, 0.1) is 7.11 Å². The summed E-state index contributed by atoms with van der Waals surface area (Å²) in [6.07, 6.45) is 2.49. The van der Waals surface area contributed by atoms with Gasteiger partial charge in [0.2, 0.25) is 0 Å². The largest absolute Gasteiger partial charge is 0.504 e. The number of carbonyl (C=O) groups is 1. The van der Waals surface area contributed by atoms with E-state index in [1.54, 1.807) is 12.1 Å². The molecule has 1 atom stereocenters. The average Bonchev–Trinajstić information content (AvgIpc) is 2.67. The van der Waals surface area contributed by atoms with Crippen molar-refractivity contribution in [1.82, 2.24) is 0 Å². The minimum atomic E-state index is -0.490. The fourth-order valence-corrected chi connectivity index (χ4v) is 2.43. The van der Waals surface area contributed by atoms with Gasteiger partial charge in [-0.1, -0.05) is 32.0 Å². The molecule has 0 spiro atoms. The zero-order chi connectivity index (χ0) is 19.1. The van der Waals surface area contributed by atoms with Gasteiger partial charge in [-0.15, -0.1) is 0 Å². The van der Waals surface area contributed by atoms with Crippen LogP contribution >= 0.6 is 0 Å². The molecular formula is C21H22N2O3. The second-order valence-corrected chi connectivity index (χ2v) is 5.99. The van der Waals surface area contributed by atoms with Gasteiger partial charge in [0, 0.05) is 5.69 Å². The molecule has 2 aromatic rings. The normalized spacial score (nSPS) is 12.2. The lowest BCUT2D eigenvalue weighted by molar-refractivity contribution is -0.112. The number of anilines is 1. The maximum absolute atomic E-state index is 12.4. The van der Waals surface area contributed by atoms with Crippen LogP contribution in [0.25, 0.3) is 6.08 Å². The third kappa shape index (κ3) is 4.64. The van der Waals surface area contributed by atoms with Crippen molar-refractivity contribution in [3.8, 4) is 17.6 Å². The third-order valence-corrected chi connectivity index (χ3v) is 4.23. The number of benzene rings is 2. The first-order chi connectivity index (χ1) is 12.5. The highest BCUT2D eigenvalue weighted by Gasteiger charge is 2.11. The minimum absolute atomic E-state index is 0.00555. The summed E-state index contributed by atoms with van der Waals surface area (Å²) in [6.45, 7) is 4.28. The first-order valence-corrected chi connectivity index (χ1v) is 8.38. The van der Waals surface area contributed by atoms with E-state index < -0.39 is 5.91 Å². The summed E-state index contributed by atoms with van der Waals surface area (Å²) in [6, 6.07) is 14.1. The summed E-state index contributed by atoms with van der Waals surface area (Å²) in [5.74, 6) is 0.237. The summed E-state index contributed by atoms with van der Waals surface area (Å²) in [5, 5.41) is 21.7. The lowest BCUT2D eigenvalue weighted by Gasteiger charge is -2.10. The fraction of sp³-hybridized carbons (Fsp3) is 0.238. The summed E-state index contributed by atoms with van der Waals surface area (Å²) in [5.41, 5.74) is 2.38. The Morgan fingerprint density at radius 1 is 1.31 bits per heavy atom. The Bertz CT molecular complexity index is 849. The van der Waals surface area contributed by atoms with Crippen LogP contribution in [-0.4, -0.2) is 18.1 Å². The van der Waals surface area contributed by atoms with Gasteiger partial charge < -0.3 is 15.2 Å². The van der Waals surface area contributed by atoms with Crippen LogP contribution < -0.4 is 10.1 Å². The summed E-state index contributed by atoms with van der Waals surface area (Å²) in [7, 11) is 1.43. The predicted octanol–water partition coefficient (Wildman–Crippen LogP) is 4.46. The molecule has 1 amide bonds. The molecule has 0 bridgehead atoms. The molecule has 26 heavy (non-hydrogen) atoms. The van der Waals surface area contributed by atoms with Crippen LogP contribution in [0.15, 0.2) is 48.0 Å². The van der Waals surface area contributed by atoms with E-state index in [9.17, 15) is 15.2 Å². The molecular weight excluding hydrogens is 328 g/mol. The van der Waals surface area contributed by atoms with Gasteiger partial charge >= 0.3 is 0 Å². The molecule has 0 heterocycles. The van der Waals surface area contributed by atoms with Gasteiger partial charge in [0.1, 0.15) is 11.6 Å². The first kappa shape index (κ1) is 19.1. The number of aromatic hydroxyl groups is 1. The van der Waals surface area contributed by atoms with Crippen molar-refractivity contribution in [1.29, 1.82) is 5.26 Å². The van der Waals surface area contributed by atoms with Gasteiger partial charge in [-0.2, -0.15) is 5.26 Å². The molecule has 0 radical (unpaired) electrons. The predicted molar refractivity (Wildman–Crippen MR) is 102 cm³/mol. The number of hydrogen-bond acceptors (Lipinski definition) is 4. The number of phenols is 1. The first-order valence-electron chi connectivity index (χ1n) is 8.38. The number of nitriles is 1. The van der Waals surface area contributed by atoms with Gasteiger partial charge in [-0.25, -0.2) is 0 Å². The van der Waals surface area contributed by atoms with Crippen molar-refractivity contribution < 1.29 is 14.6 Å². The Labute approximate surface area is 153 Å². The smallest absolute Gasteiger partial charge is 0.266 e. The molecule has 0 unspecified atom stereocenters. The number of amides is 1. The Hall–Kier alpha value is -3.26. The van der Waals surface area contributed by atoms with Crippen LogP contribution in [0.5, 0.6) is 11.5 Å². The molecule has 2 N–H and O–H groups in total. The van der Waals surface area contributed by atoms with Crippen LogP contribution in [0, 0.1) is 11.3 Å². The van der Waals surface area contributed by atoms with Crippen LogP contribution in [0.1, 0.15) is 37.3 Å². The van der Waals surface area contributed by atoms with E-state index in [4.69, 9.17) is 4.74 Å². The molecule has 0 aliphatic carbocycles. The number of methoxy groups -OCH3 is 1. The topological polar surface area (TPSA) is 82.4 Å². The van der Waals surface area contributed by atoms with E-state index in [0.717, 1.165) is 6.42 Å². The molecule has 0 aromatic heterocycles. The zero-order valence-corrected chi connectivity index (χ0v) is 15.1. The van der Waals surface area contributed by atoms with Crippen LogP contribution in [0.2, 0.25) is 0 Å². The number of nitrogens with zero attached hydrogens (tertiary/aromatic N) is 1. The molecule has 5 heteroatoms. The zero-order valence-electron chi connectivity index (χ0n) is 15.1. The highest BCUT2D eigenvalue weighted by molar-refractivity contribution is 6.09. The van der Waals surface area contributed by atoms with Crippen molar-refractivity contribution in [3.05, 3.63) is 59.2 Å². The van der Waals surface area contributed by atoms with Crippen LogP contribution in [-0.2, 0) is 4.79 Å². The van der Waals surface area contributed by atoms with Gasteiger partial charge in [0.25, 0.3) is 5.91 Å². The quantitative estimate of drug-likeness (QED) is 0.595.